The molecule has 0 aliphatic rings. The molecule has 22 heavy (non-hydrogen) atoms. The van der Waals surface area contributed by atoms with Gasteiger partial charge in [0.05, 0.1) is 0 Å². The maximum Gasteiger partial charge on any atom is 0.132 e. The summed E-state index contributed by atoms with van der Waals surface area (Å²) in [5.41, 5.74) is 2.48. The van der Waals surface area contributed by atoms with Crippen LogP contribution >= 0.6 is 31.9 Å². The van der Waals surface area contributed by atoms with Crippen LogP contribution in [0.5, 0.6) is 11.5 Å². The first-order valence-electron chi connectivity index (χ1n) is 7.34. The summed E-state index contributed by atoms with van der Waals surface area (Å²) in [6.45, 7) is 2.65. The van der Waals surface area contributed by atoms with Gasteiger partial charge in [-0.15, -0.1) is 0 Å². The second-order valence-electron chi connectivity index (χ2n) is 5.01. The lowest BCUT2D eigenvalue weighted by atomic mass is 10.2. The molecular formula is C18H20Br2O2. The molecular weight excluding hydrogens is 408 g/mol. The first-order valence-corrected chi connectivity index (χ1v) is 9.58. The third-order valence-electron chi connectivity index (χ3n) is 3.35. The van der Waals surface area contributed by atoms with Crippen LogP contribution < -0.4 is 9.47 Å². The van der Waals surface area contributed by atoms with E-state index in [1.807, 2.05) is 24.3 Å². The number of halogens is 2. The Balaban J connectivity index is 1.87. The number of benzene rings is 2. The number of alkyl halides is 2. The third kappa shape index (κ3) is 5.33. The zero-order chi connectivity index (χ0) is 15.8. The summed E-state index contributed by atoms with van der Waals surface area (Å²) >= 11 is 6.88. The molecule has 0 saturated carbocycles. The molecule has 0 spiro atoms. The van der Waals surface area contributed by atoms with E-state index >= 15 is 0 Å². The van der Waals surface area contributed by atoms with Gasteiger partial charge in [-0.3, -0.25) is 0 Å². The number of hydrogen-bond acceptors (Lipinski definition) is 2. The lowest BCUT2D eigenvalue weighted by Crippen LogP contribution is -2.24. The fourth-order valence-corrected chi connectivity index (χ4v) is 2.70. The minimum absolute atomic E-state index is 0.0469. The van der Waals surface area contributed by atoms with E-state index in [0.29, 0.717) is 6.61 Å². The van der Waals surface area contributed by atoms with Crippen LogP contribution in [0.25, 0.3) is 0 Å². The highest BCUT2D eigenvalue weighted by Crippen LogP contribution is 2.18. The quantitative estimate of drug-likeness (QED) is 0.502. The van der Waals surface area contributed by atoms with Crippen LogP contribution in [-0.4, -0.2) is 12.7 Å². The monoisotopic (exact) mass is 426 g/mol. The van der Waals surface area contributed by atoms with Gasteiger partial charge in [0.2, 0.25) is 0 Å². The molecule has 0 aromatic heterocycles. The number of ether oxygens (including phenoxy) is 2. The van der Waals surface area contributed by atoms with Crippen LogP contribution in [0.4, 0.5) is 0 Å². The molecule has 2 aromatic rings. The summed E-state index contributed by atoms with van der Waals surface area (Å²) in [6, 6.07) is 16.2. The fraction of sp³-hybridized carbons (Fsp3) is 0.333. The smallest absolute Gasteiger partial charge is 0.132 e. The number of hydrogen-bond donors (Lipinski definition) is 0. The van der Waals surface area contributed by atoms with E-state index in [-0.39, 0.29) is 6.10 Å². The van der Waals surface area contributed by atoms with Gasteiger partial charge in [-0.25, -0.2) is 0 Å². The molecule has 2 aromatic carbocycles. The van der Waals surface area contributed by atoms with Crippen molar-refractivity contribution < 1.29 is 9.47 Å². The lowest BCUT2D eigenvalue weighted by molar-refractivity contribution is 0.125. The second-order valence-corrected chi connectivity index (χ2v) is 6.14. The van der Waals surface area contributed by atoms with Crippen molar-refractivity contribution in [3.63, 3.8) is 0 Å². The SMILES string of the molecule is CCC(COc1ccc(CBr)cc1)Oc1ccc(CBr)cc1. The van der Waals surface area contributed by atoms with Gasteiger partial charge < -0.3 is 9.47 Å². The van der Waals surface area contributed by atoms with Gasteiger partial charge in [0.25, 0.3) is 0 Å². The van der Waals surface area contributed by atoms with E-state index in [1.54, 1.807) is 0 Å². The van der Waals surface area contributed by atoms with Crippen molar-refractivity contribution in [2.75, 3.05) is 6.61 Å². The Kier molecular flexibility index (Phi) is 7.26. The Hall–Kier alpha value is -1.00. The summed E-state index contributed by atoms with van der Waals surface area (Å²) in [6.07, 6.45) is 0.949. The second kappa shape index (κ2) is 9.21. The predicted molar refractivity (Wildman–Crippen MR) is 98.3 cm³/mol. The van der Waals surface area contributed by atoms with Gasteiger partial charge in [-0.1, -0.05) is 63.0 Å². The highest BCUT2D eigenvalue weighted by molar-refractivity contribution is 9.08. The van der Waals surface area contributed by atoms with Crippen LogP contribution in [0.2, 0.25) is 0 Å². The highest BCUT2D eigenvalue weighted by Gasteiger charge is 2.09. The molecule has 0 fully saturated rings. The van der Waals surface area contributed by atoms with Crippen molar-refractivity contribution in [1.29, 1.82) is 0 Å². The van der Waals surface area contributed by atoms with E-state index in [0.717, 1.165) is 28.6 Å². The standard InChI is InChI=1S/C18H20Br2O2/c1-2-16(22-18-9-5-15(12-20)6-10-18)13-21-17-7-3-14(11-19)4-8-17/h3-10,16H,2,11-13H2,1H3. The van der Waals surface area contributed by atoms with Gasteiger partial charge in [0, 0.05) is 10.7 Å². The zero-order valence-electron chi connectivity index (χ0n) is 12.6. The van der Waals surface area contributed by atoms with Crippen LogP contribution in [0.3, 0.4) is 0 Å². The average molecular weight is 428 g/mol. The molecule has 0 bridgehead atoms. The van der Waals surface area contributed by atoms with Gasteiger partial charge in [0.15, 0.2) is 0 Å². The molecule has 2 rings (SSSR count). The van der Waals surface area contributed by atoms with Crippen molar-refractivity contribution in [3.8, 4) is 11.5 Å². The summed E-state index contributed by atoms with van der Waals surface area (Å²) in [5, 5.41) is 1.72. The van der Waals surface area contributed by atoms with Gasteiger partial charge in [0.1, 0.15) is 24.2 Å². The van der Waals surface area contributed by atoms with Crippen molar-refractivity contribution in [2.24, 2.45) is 0 Å². The van der Waals surface area contributed by atoms with Crippen molar-refractivity contribution in [3.05, 3.63) is 59.7 Å². The van der Waals surface area contributed by atoms with Gasteiger partial charge >= 0.3 is 0 Å². The maximum atomic E-state index is 5.98. The molecule has 0 radical (unpaired) electrons. The molecule has 0 N–H and O–H groups in total. The summed E-state index contributed by atoms with van der Waals surface area (Å²) in [7, 11) is 0. The van der Waals surface area contributed by atoms with Crippen molar-refractivity contribution in [1.82, 2.24) is 0 Å². The van der Waals surface area contributed by atoms with E-state index in [2.05, 4.69) is 63.0 Å². The average Bonchev–Trinajstić information content (AvgIpc) is 2.59. The Morgan fingerprint density at radius 1 is 0.818 bits per heavy atom. The maximum absolute atomic E-state index is 5.98. The minimum Gasteiger partial charge on any atom is -0.490 e. The van der Waals surface area contributed by atoms with Crippen LogP contribution in [-0.2, 0) is 10.7 Å². The molecule has 118 valence electrons. The molecule has 0 saturated heterocycles. The van der Waals surface area contributed by atoms with Crippen molar-refractivity contribution in [2.45, 2.75) is 30.1 Å². The van der Waals surface area contributed by atoms with Crippen LogP contribution in [0.1, 0.15) is 24.5 Å². The van der Waals surface area contributed by atoms with Gasteiger partial charge in [-0.2, -0.15) is 0 Å². The highest BCUT2D eigenvalue weighted by atomic mass is 79.9. The van der Waals surface area contributed by atoms with Crippen LogP contribution in [0.15, 0.2) is 48.5 Å². The first-order chi connectivity index (χ1) is 10.7. The normalized spacial score (nSPS) is 12.0. The lowest BCUT2D eigenvalue weighted by Gasteiger charge is -2.18. The summed E-state index contributed by atoms with van der Waals surface area (Å²) in [4.78, 5) is 0. The molecule has 0 aliphatic carbocycles. The molecule has 1 unspecified atom stereocenters. The van der Waals surface area contributed by atoms with E-state index < -0.39 is 0 Å². The Bertz CT molecular complexity index is 552. The molecule has 2 nitrogen and oxygen atoms in total. The predicted octanol–water partition coefficient (Wildman–Crippen LogP) is 5.71. The Morgan fingerprint density at radius 3 is 1.77 bits per heavy atom. The van der Waals surface area contributed by atoms with Crippen molar-refractivity contribution >= 4 is 31.9 Å². The Labute approximate surface area is 149 Å². The van der Waals surface area contributed by atoms with E-state index in [9.17, 15) is 0 Å². The molecule has 0 heterocycles. The Morgan fingerprint density at radius 2 is 1.32 bits per heavy atom. The van der Waals surface area contributed by atoms with Crippen LogP contribution in [0, 0.1) is 0 Å². The zero-order valence-corrected chi connectivity index (χ0v) is 15.8. The molecule has 0 amide bonds. The fourth-order valence-electron chi connectivity index (χ4n) is 1.95. The van der Waals surface area contributed by atoms with E-state index in [4.69, 9.17) is 9.47 Å². The third-order valence-corrected chi connectivity index (χ3v) is 4.64. The number of rotatable bonds is 8. The largest absolute Gasteiger partial charge is 0.490 e. The topological polar surface area (TPSA) is 18.5 Å². The minimum atomic E-state index is 0.0469. The summed E-state index contributed by atoms with van der Waals surface area (Å²) in [5.74, 6) is 1.76. The molecule has 1 atom stereocenters. The molecule has 4 heteroatoms. The van der Waals surface area contributed by atoms with Gasteiger partial charge in [-0.05, 0) is 41.8 Å². The summed E-state index contributed by atoms with van der Waals surface area (Å²) < 4.78 is 11.8. The van der Waals surface area contributed by atoms with E-state index in [1.165, 1.54) is 11.1 Å². The molecule has 0 aliphatic heterocycles. The first kappa shape index (κ1) is 17.4.